The third-order valence-corrected chi connectivity index (χ3v) is 5.44. The van der Waals surface area contributed by atoms with Gasteiger partial charge >= 0.3 is 0 Å². The zero-order valence-electron chi connectivity index (χ0n) is 15.4. The summed E-state index contributed by atoms with van der Waals surface area (Å²) in [6.07, 6.45) is 2.45. The van der Waals surface area contributed by atoms with E-state index in [-0.39, 0.29) is 18.2 Å². The van der Waals surface area contributed by atoms with Gasteiger partial charge in [-0.05, 0) is 30.7 Å². The van der Waals surface area contributed by atoms with Gasteiger partial charge in [0.25, 0.3) is 0 Å². The molecular formula is C21H24N4O2. The average molecular weight is 364 g/mol. The molecule has 0 spiro atoms. The Labute approximate surface area is 157 Å². The lowest BCUT2D eigenvalue weighted by Gasteiger charge is -2.17. The second kappa shape index (κ2) is 7.04. The monoisotopic (exact) mass is 364 g/mol. The number of nitrogens with one attached hydrogen (secondary N) is 1. The zero-order chi connectivity index (χ0) is 19.0. The lowest BCUT2D eigenvalue weighted by Crippen LogP contribution is -2.37. The van der Waals surface area contributed by atoms with Gasteiger partial charge in [-0.3, -0.25) is 15.0 Å². The van der Waals surface area contributed by atoms with Crippen molar-refractivity contribution in [2.24, 2.45) is 11.8 Å². The van der Waals surface area contributed by atoms with Gasteiger partial charge < -0.3 is 9.47 Å². The minimum Gasteiger partial charge on any atom is -0.340 e. The summed E-state index contributed by atoms with van der Waals surface area (Å²) < 4.78 is 2.36. The highest BCUT2D eigenvalue weighted by atomic mass is 16.2. The van der Waals surface area contributed by atoms with Crippen molar-refractivity contribution < 1.29 is 9.59 Å². The fourth-order valence-corrected chi connectivity index (χ4v) is 4.02. The SMILES string of the molecule is CCCCn1c2ccccc2c2cc(N3CC(C(=O)NN)CC3=O)ccc21. The van der Waals surface area contributed by atoms with Gasteiger partial charge in [-0.15, -0.1) is 0 Å². The molecule has 2 heterocycles. The van der Waals surface area contributed by atoms with Crippen LogP contribution in [0.5, 0.6) is 0 Å². The fourth-order valence-electron chi connectivity index (χ4n) is 4.02. The van der Waals surface area contributed by atoms with Gasteiger partial charge in [-0.1, -0.05) is 31.5 Å². The number of fused-ring (bicyclic) bond motifs is 3. The van der Waals surface area contributed by atoms with Crippen molar-refractivity contribution in [3.05, 3.63) is 42.5 Å². The Balaban J connectivity index is 1.78. The molecule has 0 aliphatic carbocycles. The number of unbranched alkanes of at least 4 members (excludes halogenated alkanes) is 1. The van der Waals surface area contributed by atoms with Gasteiger partial charge in [-0.25, -0.2) is 5.84 Å². The molecule has 6 nitrogen and oxygen atoms in total. The molecule has 140 valence electrons. The minimum absolute atomic E-state index is 0.0438. The summed E-state index contributed by atoms with van der Waals surface area (Å²) in [5.74, 6) is 4.50. The van der Waals surface area contributed by atoms with E-state index in [1.807, 2.05) is 12.1 Å². The Morgan fingerprint density at radius 3 is 2.74 bits per heavy atom. The molecule has 0 bridgehead atoms. The van der Waals surface area contributed by atoms with Gasteiger partial charge in [0.15, 0.2) is 0 Å². The Kier molecular flexibility index (Phi) is 4.58. The van der Waals surface area contributed by atoms with Crippen molar-refractivity contribution in [1.29, 1.82) is 0 Å². The Morgan fingerprint density at radius 1 is 1.19 bits per heavy atom. The summed E-state index contributed by atoms with van der Waals surface area (Å²) in [6.45, 7) is 3.53. The molecule has 1 aromatic heterocycles. The predicted octanol–water partition coefficient (Wildman–Crippen LogP) is 2.94. The number of aromatic nitrogens is 1. The van der Waals surface area contributed by atoms with Gasteiger partial charge in [0.05, 0.1) is 5.92 Å². The number of amides is 2. The number of hydrogen-bond acceptors (Lipinski definition) is 3. The van der Waals surface area contributed by atoms with E-state index in [0.717, 1.165) is 30.5 Å². The standard InChI is InChI=1S/C21H24N4O2/c1-2-3-10-24-18-7-5-4-6-16(18)17-12-15(8-9-19(17)24)25-13-14(11-20(25)26)21(27)23-22/h4-9,12,14H,2-3,10-11,13,22H2,1H3,(H,23,27). The first-order chi connectivity index (χ1) is 13.1. The van der Waals surface area contributed by atoms with Crippen molar-refractivity contribution in [3.8, 4) is 0 Å². The number of rotatable bonds is 5. The molecule has 1 fully saturated rings. The Morgan fingerprint density at radius 2 is 1.96 bits per heavy atom. The average Bonchev–Trinajstić information content (AvgIpc) is 3.23. The van der Waals surface area contributed by atoms with Crippen LogP contribution in [-0.4, -0.2) is 22.9 Å². The van der Waals surface area contributed by atoms with Crippen LogP contribution in [-0.2, 0) is 16.1 Å². The molecule has 0 radical (unpaired) electrons. The second-order valence-corrected chi connectivity index (χ2v) is 7.14. The molecule has 2 amide bonds. The number of nitrogens with zero attached hydrogens (tertiary/aromatic N) is 2. The topological polar surface area (TPSA) is 80.4 Å². The van der Waals surface area contributed by atoms with Crippen LogP contribution in [0.1, 0.15) is 26.2 Å². The molecule has 2 aromatic carbocycles. The Bertz CT molecular complexity index is 1020. The van der Waals surface area contributed by atoms with Crippen molar-refractivity contribution in [2.45, 2.75) is 32.7 Å². The fraction of sp³-hybridized carbons (Fsp3) is 0.333. The van der Waals surface area contributed by atoms with Crippen molar-refractivity contribution in [1.82, 2.24) is 9.99 Å². The molecule has 1 atom stereocenters. The van der Waals surface area contributed by atoms with Crippen LogP contribution < -0.4 is 16.2 Å². The molecule has 3 N–H and O–H groups in total. The summed E-state index contributed by atoms with van der Waals surface area (Å²) in [6, 6.07) is 14.5. The van der Waals surface area contributed by atoms with Gasteiger partial charge in [0.1, 0.15) is 0 Å². The second-order valence-electron chi connectivity index (χ2n) is 7.14. The quantitative estimate of drug-likeness (QED) is 0.415. The Hall–Kier alpha value is -2.86. The van der Waals surface area contributed by atoms with Crippen LogP contribution >= 0.6 is 0 Å². The summed E-state index contributed by atoms with van der Waals surface area (Å²) in [4.78, 5) is 26.0. The van der Waals surface area contributed by atoms with Crippen molar-refractivity contribution in [3.63, 3.8) is 0 Å². The van der Waals surface area contributed by atoms with Crippen LogP contribution in [0.4, 0.5) is 5.69 Å². The molecule has 0 saturated carbocycles. The number of para-hydroxylation sites is 1. The number of anilines is 1. The highest BCUT2D eigenvalue weighted by Crippen LogP contribution is 2.34. The third-order valence-electron chi connectivity index (χ3n) is 5.44. The summed E-state index contributed by atoms with van der Waals surface area (Å²) in [5.41, 5.74) is 5.38. The predicted molar refractivity (Wildman–Crippen MR) is 107 cm³/mol. The maximum Gasteiger partial charge on any atom is 0.239 e. The number of nitrogens with two attached hydrogens (primary N) is 1. The first-order valence-electron chi connectivity index (χ1n) is 9.46. The van der Waals surface area contributed by atoms with E-state index in [9.17, 15) is 9.59 Å². The van der Waals surface area contributed by atoms with E-state index in [1.165, 1.54) is 16.4 Å². The molecular weight excluding hydrogens is 340 g/mol. The zero-order valence-corrected chi connectivity index (χ0v) is 15.4. The lowest BCUT2D eigenvalue weighted by molar-refractivity contribution is -0.126. The largest absolute Gasteiger partial charge is 0.340 e. The number of hydrogen-bond donors (Lipinski definition) is 2. The first-order valence-corrected chi connectivity index (χ1v) is 9.46. The van der Waals surface area contributed by atoms with Crippen LogP contribution in [0.3, 0.4) is 0 Å². The number of aryl methyl sites for hydroxylation is 1. The summed E-state index contributed by atoms with van der Waals surface area (Å²) in [7, 11) is 0. The maximum absolute atomic E-state index is 12.5. The number of benzene rings is 2. The van der Waals surface area contributed by atoms with E-state index in [4.69, 9.17) is 5.84 Å². The number of carbonyl (C=O) groups is 2. The third kappa shape index (κ3) is 2.96. The highest BCUT2D eigenvalue weighted by molar-refractivity contribution is 6.10. The van der Waals surface area contributed by atoms with Gasteiger partial charge in [-0.2, -0.15) is 0 Å². The van der Waals surface area contributed by atoms with Gasteiger partial charge in [0, 0.05) is 47.0 Å². The molecule has 1 saturated heterocycles. The maximum atomic E-state index is 12.5. The molecule has 1 unspecified atom stereocenters. The molecule has 3 aromatic rings. The van der Waals surface area contributed by atoms with E-state index >= 15 is 0 Å². The van der Waals surface area contributed by atoms with Crippen molar-refractivity contribution in [2.75, 3.05) is 11.4 Å². The first kappa shape index (κ1) is 17.5. The smallest absolute Gasteiger partial charge is 0.239 e. The van der Waals surface area contributed by atoms with Crippen LogP contribution in [0, 0.1) is 5.92 Å². The van der Waals surface area contributed by atoms with Crippen molar-refractivity contribution >= 4 is 39.3 Å². The highest BCUT2D eigenvalue weighted by Gasteiger charge is 2.35. The molecule has 6 heteroatoms. The molecule has 27 heavy (non-hydrogen) atoms. The normalized spacial score (nSPS) is 17.2. The van der Waals surface area contributed by atoms with Gasteiger partial charge in [0.2, 0.25) is 11.8 Å². The minimum atomic E-state index is -0.399. The molecule has 1 aliphatic rings. The summed E-state index contributed by atoms with van der Waals surface area (Å²) >= 11 is 0. The molecule has 4 rings (SSSR count). The number of carbonyl (C=O) groups excluding carboxylic acids is 2. The lowest BCUT2D eigenvalue weighted by atomic mass is 10.1. The van der Waals surface area contributed by atoms with Crippen LogP contribution in [0.2, 0.25) is 0 Å². The van der Waals surface area contributed by atoms with E-state index in [2.05, 4.69) is 47.2 Å². The van der Waals surface area contributed by atoms with E-state index in [0.29, 0.717) is 6.54 Å². The van der Waals surface area contributed by atoms with Crippen LogP contribution in [0.25, 0.3) is 21.8 Å². The molecule has 1 aliphatic heterocycles. The summed E-state index contributed by atoms with van der Waals surface area (Å²) in [5, 5.41) is 2.33. The van der Waals surface area contributed by atoms with Crippen LogP contribution in [0.15, 0.2) is 42.5 Å². The van der Waals surface area contributed by atoms with E-state index in [1.54, 1.807) is 4.90 Å². The number of hydrazine groups is 1. The van der Waals surface area contributed by atoms with E-state index < -0.39 is 5.92 Å².